The molecule has 0 spiro atoms. The lowest BCUT2D eigenvalue weighted by Gasteiger charge is -2.37. The zero-order valence-corrected chi connectivity index (χ0v) is 21.7. The summed E-state index contributed by atoms with van der Waals surface area (Å²) >= 11 is 0. The molecule has 0 unspecified atom stereocenters. The SMILES string of the molecule is Cc1ccc(S(=O)(=O)N2C(=O)[C@@H](c3ccc(C(F)(F)F)cc3)[C@H](c3ccccc3)C=C2c2ccccc2)cc1. The first-order valence-electron chi connectivity index (χ1n) is 12.2. The molecular formula is C31H24F3NO3S. The second kappa shape index (κ2) is 10.2. The Hall–Kier alpha value is -4.17. The quantitative estimate of drug-likeness (QED) is 0.267. The van der Waals surface area contributed by atoms with Gasteiger partial charge in [0.05, 0.1) is 22.1 Å². The number of halogens is 3. The van der Waals surface area contributed by atoms with E-state index in [1.165, 1.54) is 24.3 Å². The van der Waals surface area contributed by atoms with E-state index in [9.17, 15) is 26.4 Å². The van der Waals surface area contributed by atoms with Crippen LogP contribution in [0.3, 0.4) is 0 Å². The Morgan fingerprint density at radius 1 is 0.718 bits per heavy atom. The molecule has 8 heteroatoms. The van der Waals surface area contributed by atoms with Gasteiger partial charge in [0, 0.05) is 5.92 Å². The second-order valence-corrected chi connectivity index (χ2v) is 11.2. The number of rotatable bonds is 5. The third-order valence-corrected chi connectivity index (χ3v) is 8.52. The van der Waals surface area contributed by atoms with E-state index < -0.39 is 39.5 Å². The summed E-state index contributed by atoms with van der Waals surface area (Å²) in [6.45, 7) is 1.82. The molecule has 0 fully saturated rings. The Kier molecular flexibility index (Phi) is 6.91. The molecule has 0 saturated heterocycles. The van der Waals surface area contributed by atoms with E-state index in [1.807, 2.05) is 25.1 Å². The highest BCUT2D eigenvalue weighted by atomic mass is 32.2. The van der Waals surface area contributed by atoms with Crippen LogP contribution in [0.4, 0.5) is 13.2 Å². The van der Waals surface area contributed by atoms with Crippen molar-refractivity contribution in [1.82, 2.24) is 4.31 Å². The van der Waals surface area contributed by atoms with Gasteiger partial charge in [-0.2, -0.15) is 13.2 Å². The fourth-order valence-electron chi connectivity index (χ4n) is 4.81. The molecule has 2 atom stereocenters. The smallest absolute Gasteiger partial charge is 0.273 e. The van der Waals surface area contributed by atoms with E-state index in [-0.39, 0.29) is 16.2 Å². The number of benzene rings is 4. The number of amides is 1. The van der Waals surface area contributed by atoms with Gasteiger partial charge < -0.3 is 0 Å². The largest absolute Gasteiger partial charge is 0.416 e. The number of aryl methyl sites for hydroxylation is 1. The van der Waals surface area contributed by atoms with Crippen molar-refractivity contribution in [3.8, 4) is 0 Å². The Morgan fingerprint density at radius 3 is 1.85 bits per heavy atom. The molecule has 1 amide bonds. The van der Waals surface area contributed by atoms with Crippen LogP contribution < -0.4 is 0 Å². The zero-order chi connectivity index (χ0) is 27.8. The highest BCUT2D eigenvalue weighted by Crippen LogP contribution is 2.45. The van der Waals surface area contributed by atoms with Crippen molar-refractivity contribution in [1.29, 1.82) is 0 Å². The summed E-state index contributed by atoms with van der Waals surface area (Å²) < 4.78 is 68.7. The van der Waals surface area contributed by atoms with Crippen LogP contribution in [0.25, 0.3) is 5.70 Å². The Balaban J connectivity index is 1.74. The number of sulfonamides is 1. The molecule has 198 valence electrons. The van der Waals surface area contributed by atoms with Gasteiger partial charge in [0.25, 0.3) is 10.0 Å². The maximum Gasteiger partial charge on any atom is 0.416 e. The summed E-state index contributed by atoms with van der Waals surface area (Å²) in [5.74, 6) is -2.46. The van der Waals surface area contributed by atoms with Crippen LogP contribution >= 0.6 is 0 Å². The van der Waals surface area contributed by atoms with Gasteiger partial charge in [-0.05, 0) is 47.9 Å². The Morgan fingerprint density at radius 2 is 1.28 bits per heavy atom. The highest BCUT2D eigenvalue weighted by molar-refractivity contribution is 7.90. The molecule has 0 aromatic heterocycles. The van der Waals surface area contributed by atoms with Crippen LogP contribution in [-0.2, 0) is 21.0 Å². The number of carbonyl (C=O) groups excluding carboxylic acids is 1. The third kappa shape index (κ3) is 5.12. The molecule has 4 aromatic carbocycles. The number of hydrogen-bond donors (Lipinski definition) is 0. The van der Waals surface area contributed by atoms with Crippen molar-refractivity contribution >= 4 is 21.6 Å². The van der Waals surface area contributed by atoms with Gasteiger partial charge in [-0.3, -0.25) is 4.79 Å². The summed E-state index contributed by atoms with van der Waals surface area (Å²) in [5, 5.41) is 0. The molecule has 4 nitrogen and oxygen atoms in total. The van der Waals surface area contributed by atoms with Gasteiger partial charge in [0.1, 0.15) is 0 Å². The van der Waals surface area contributed by atoms with Crippen molar-refractivity contribution in [2.24, 2.45) is 0 Å². The van der Waals surface area contributed by atoms with E-state index in [4.69, 9.17) is 0 Å². The number of allylic oxidation sites excluding steroid dienone is 1. The predicted molar refractivity (Wildman–Crippen MR) is 143 cm³/mol. The number of carbonyl (C=O) groups is 1. The van der Waals surface area contributed by atoms with E-state index in [0.717, 1.165) is 27.6 Å². The topological polar surface area (TPSA) is 54.5 Å². The predicted octanol–water partition coefficient (Wildman–Crippen LogP) is 7.15. The third-order valence-electron chi connectivity index (χ3n) is 6.79. The number of nitrogens with zero attached hydrogens (tertiary/aromatic N) is 1. The molecule has 39 heavy (non-hydrogen) atoms. The first-order chi connectivity index (χ1) is 18.6. The van der Waals surface area contributed by atoms with Crippen molar-refractivity contribution in [2.45, 2.75) is 29.8 Å². The first kappa shape index (κ1) is 26.4. The molecule has 1 heterocycles. The fraction of sp³-hybridized carbons (Fsp3) is 0.129. The molecule has 0 N–H and O–H groups in total. The average Bonchev–Trinajstić information content (AvgIpc) is 2.93. The van der Waals surface area contributed by atoms with Crippen molar-refractivity contribution in [3.63, 3.8) is 0 Å². The van der Waals surface area contributed by atoms with E-state index in [1.54, 1.807) is 60.7 Å². The van der Waals surface area contributed by atoms with Crippen LogP contribution in [0.15, 0.2) is 120 Å². The van der Waals surface area contributed by atoms with E-state index in [0.29, 0.717) is 5.56 Å². The van der Waals surface area contributed by atoms with Crippen molar-refractivity contribution < 1.29 is 26.4 Å². The molecule has 0 bridgehead atoms. The molecule has 4 aromatic rings. The standard InChI is InChI=1S/C31H24F3NO3S/c1-21-12-18-26(19-13-21)39(37,38)35-28(23-10-6-3-7-11-23)20-27(22-8-4-2-5-9-22)29(30(35)36)24-14-16-25(17-15-24)31(32,33)34/h2-20,27,29H,1H3/t27-,29-/m0/s1. The van der Waals surface area contributed by atoms with Gasteiger partial charge in [-0.1, -0.05) is 96.6 Å². The van der Waals surface area contributed by atoms with Gasteiger partial charge in [0.2, 0.25) is 5.91 Å². The molecule has 0 aliphatic carbocycles. The maximum atomic E-state index is 14.3. The summed E-state index contributed by atoms with van der Waals surface area (Å²) in [5.41, 5.74) is 1.73. The first-order valence-corrected chi connectivity index (χ1v) is 13.7. The minimum absolute atomic E-state index is 0.0624. The fourth-order valence-corrected chi connectivity index (χ4v) is 6.28. The normalized spacial score (nSPS) is 18.1. The van der Waals surface area contributed by atoms with Gasteiger partial charge >= 0.3 is 6.18 Å². The second-order valence-electron chi connectivity index (χ2n) is 9.37. The van der Waals surface area contributed by atoms with Crippen molar-refractivity contribution in [3.05, 3.63) is 143 Å². The zero-order valence-electron chi connectivity index (χ0n) is 20.8. The Labute approximate surface area is 225 Å². The summed E-state index contributed by atoms with van der Waals surface area (Å²) in [6, 6.07) is 28.3. The van der Waals surface area contributed by atoms with Gasteiger partial charge in [-0.25, -0.2) is 12.7 Å². The van der Waals surface area contributed by atoms with E-state index in [2.05, 4.69) is 0 Å². The number of hydrogen-bond acceptors (Lipinski definition) is 3. The van der Waals surface area contributed by atoms with E-state index >= 15 is 0 Å². The Bertz CT molecular complexity index is 1620. The minimum Gasteiger partial charge on any atom is -0.273 e. The summed E-state index contributed by atoms with van der Waals surface area (Å²) in [7, 11) is -4.37. The van der Waals surface area contributed by atoms with Gasteiger partial charge in [-0.15, -0.1) is 0 Å². The van der Waals surface area contributed by atoms with Crippen LogP contribution in [0.5, 0.6) is 0 Å². The van der Waals surface area contributed by atoms with Gasteiger partial charge in [0.15, 0.2) is 0 Å². The lowest BCUT2D eigenvalue weighted by atomic mass is 9.77. The maximum absolute atomic E-state index is 14.3. The van der Waals surface area contributed by atoms with Crippen molar-refractivity contribution in [2.75, 3.05) is 0 Å². The molecule has 0 saturated carbocycles. The molecular weight excluding hydrogens is 523 g/mol. The summed E-state index contributed by atoms with van der Waals surface area (Å²) in [4.78, 5) is 14.3. The minimum atomic E-state index is -4.55. The molecule has 1 aliphatic heterocycles. The lowest BCUT2D eigenvalue weighted by Crippen LogP contribution is -2.43. The van der Waals surface area contributed by atoms with Crippen LogP contribution in [-0.4, -0.2) is 18.6 Å². The summed E-state index contributed by atoms with van der Waals surface area (Å²) in [6.07, 6.45) is -2.82. The highest BCUT2D eigenvalue weighted by Gasteiger charge is 2.45. The molecule has 1 aliphatic rings. The lowest BCUT2D eigenvalue weighted by molar-refractivity contribution is -0.137. The molecule has 0 radical (unpaired) electrons. The monoisotopic (exact) mass is 547 g/mol. The average molecular weight is 548 g/mol. The van der Waals surface area contributed by atoms with Crippen LogP contribution in [0, 0.1) is 6.92 Å². The molecule has 5 rings (SSSR count). The van der Waals surface area contributed by atoms with Crippen LogP contribution in [0.1, 0.15) is 39.7 Å². The van der Waals surface area contributed by atoms with Crippen LogP contribution in [0.2, 0.25) is 0 Å². The number of alkyl halides is 3.